The van der Waals surface area contributed by atoms with Gasteiger partial charge in [-0.2, -0.15) is 0 Å². The van der Waals surface area contributed by atoms with E-state index < -0.39 is 0 Å². The van der Waals surface area contributed by atoms with Crippen molar-refractivity contribution >= 4 is 17.4 Å². The van der Waals surface area contributed by atoms with Crippen molar-refractivity contribution < 1.29 is 4.79 Å². The predicted octanol–water partition coefficient (Wildman–Crippen LogP) is 2.41. The van der Waals surface area contributed by atoms with Crippen molar-refractivity contribution in [1.82, 2.24) is 9.88 Å². The highest BCUT2D eigenvalue weighted by atomic mass is 16.2. The van der Waals surface area contributed by atoms with Gasteiger partial charge in [0.05, 0.1) is 5.56 Å². The van der Waals surface area contributed by atoms with Gasteiger partial charge in [0.25, 0.3) is 5.91 Å². The molecule has 0 bridgehead atoms. The number of amides is 1. The van der Waals surface area contributed by atoms with Crippen LogP contribution in [-0.2, 0) is 0 Å². The van der Waals surface area contributed by atoms with E-state index in [1.807, 2.05) is 59.3 Å². The summed E-state index contributed by atoms with van der Waals surface area (Å²) in [7, 11) is 1.97. The van der Waals surface area contributed by atoms with E-state index in [4.69, 9.17) is 5.73 Å². The van der Waals surface area contributed by atoms with Gasteiger partial charge >= 0.3 is 0 Å². The predicted molar refractivity (Wildman–Crippen MR) is 94.3 cm³/mol. The standard InChI is InChI=1S/C19H22N4O/c1-22(16-5-3-2-4-6-16)17-8-7-14(11-21-17)18(24)23-12-15-9-10-19(15,20)13-23/h2-8,11,15H,9-10,12-13,20H2,1H3/t15-,19-/m0/s1. The van der Waals surface area contributed by atoms with Gasteiger partial charge in [-0.1, -0.05) is 18.2 Å². The van der Waals surface area contributed by atoms with Crippen molar-refractivity contribution in [2.24, 2.45) is 11.7 Å². The Kier molecular flexibility index (Phi) is 3.53. The van der Waals surface area contributed by atoms with Crippen molar-refractivity contribution in [2.45, 2.75) is 18.4 Å². The second-order valence-electron chi connectivity index (χ2n) is 6.95. The molecule has 1 aliphatic heterocycles. The monoisotopic (exact) mass is 322 g/mol. The fraction of sp³-hybridized carbons (Fsp3) is 0.368. The van der Waals surface area contributed by atoms with Gasteiger partial charge in [0.15, 0.2) is 0 Å². The molecular weight excluding hydrogens is 300 g/mol. The number of anilines is 2. The molecule has 2 fully saturated rings. The smallest absolute Gasteiger partial charge is 0.255 e. The van der Waals surface area contributed by atoms with Crippen LogP contribution >= 0.6 is 0 Å². The molecule has 5 heteroatoms. The Hall–Kier alpha value is -2.40. The molecule has 0 unspecified atom stereocenters. The summed E-state index contributed by atoms with van der Waals surface area (Å²) in [5.41, 5.74) is 7.87. The molecule has 2 aliphatic rings. The Morgan fingerprint density at radius 1 is 1.29 bits per heavy atom. The molecule has 1 saturated heterocycles. The number of hydrogen-bond donors (Lipinski definition) is 1. The van der Waals surface area contributed by atoms with Crippen LogP contribution in [0, 0.1) is 5.92 Å². The second kappa shape index (κ2) is 5.60. The quantitative estimate of drug-likeness (QED) is 0.942. The number of carbonyl (C=O) groups excluding carboxylic acids is 1. The highest BCUT2D eigenvalue weighted by Gasteiger charge is 2.51. The van der Waals surface area contributed by atoms with E-state index >= 15 is 0 Å². The van der Waals surface area contributed by atoms with Crippen LogP contribution in [0.15, 0.2) is 48.7 Å². The fourth-order valence-corrected chi connectivity index (χ4v) is 3.72. The lowest BCUT2D eigenvalue weighted by molar-refractivity contribution is 0.0784. The molecule has 0 radical (unpaired) electrons. The molecule has 1 amide bonds. The molecule has 2 heterocycles. The summed E-state index contributed by atoms with van der Waals surface area (Å²) in [6.45, 7) is 1.45. The highest BCUT2D eigenvalue weighted by Crippen LogP contribution is 2.42. The number of nitrogens with two attached hydrogens (primary N) is 1. The minimum Gasteiger partial charge on any atom is -0.336 e. The third kappa shape index (κ3) is 2.45. The van der Waals surface area contributed by atoms with Crippen LogP contribution in [0.25, 0.3) is 0 Å². The Morgan fingerprint density at radius 3 is 2.62 bits per heavy atom. The first-order chi connectivity index (χ1) is 11.6. The number of para-hydroxylation sites is 1. The van der Waals surface area contributed by atoms with Crippen LogP contribution in [0.4, 0.5) is 11.5 Å². The fourth-order valence-electron chi connectivity index (χ4n) is 3.72. The number of fused-ring (bicyclic) bond motifs is 1. The van der Waals surface area contributed by atoms with E-state index in [0.717, 1.165) is 30.9 Å². The van der Waals surface area contributed by atoms with Gasteiger partial charge in [-0.25, -0.2) is 4.98 Å². The summed E-state index contributed by atoms with van der Waals surface area (Å²) in [6, 6.07) is 13.8. The number of aromatic nitrogens is 1. The maximum atomic E-state index is 12.7. The molecule has 5 nitrogen and oxygen atoms in total. The minimum absolute atomic E-state index is 0.0376. The third-order valence-electron chi connectivity index (χ3n) is 5.47. The van der Waals surface area contributed by atoms with Gasteiger partial charge in [0, 0.05) is 37.6 Å². The van der Waals surface area contributed by atoms with Crippen molar-refractivity contribution in [1.29, 1.82) is 0 Å². The number of pyridine rings is 1. The van der Waals surface area contributed by atoms with E-state index in [1.165, 1.54) is 0 Å². The minimum atomic E-state index is -0.142. The summed E-state index contributed by atoms with van der Waals surface area (Å²) < 4.78 is 0. The first-order valence-corrected chi connectivity index (χ1v) is 8.40. The van der Waals surface area contributed by atoms with Crippen LogP contribution in [0.5, 0.6) is 0 Å². The molecule has 124 valence electrons. The molecule has 1 aromatic carbocycles. The van der Waals surface area contributed by atoms with Gasteiger partial charge in [-0.15, -0.1) is 0 Å². The number of benzene rings is 1. The molecule has 4 rings (SSSR count). The van der Waals surface area contributed by atoms with Gasteiger partial charge in [0.1, 0.15) is 5.82 Å². The molecule has 1 aromatic heterocycles. The van der Waals surface area contributed by atoms with Crippen molar-refractivity contribution in [3.05, 3.63) is 54.2 Å². The highest BCUT2D eigenvalue weighted by molar-refractivity contribution is 5.94. The number of likely N-dealkylation sites (tertiary alicyclic amines) is 1. The molecule has 24 heavy (non-hydrogen) atoms. The van der Waals surface area contributed by atoms with E-state index in [9.17, 15) is 4.79 Å². The van der Waals surface area contributed by atoms with E-state index in [0.29, 0.717) is 18.0 Å². The SMILES string of the molecule is CN(c1ccccc1)c1ccc(C(=O)N2C[C@@H]3CC[C@]3(N)C2)cn1. The number of carbonyl (C=O) groups is 1. The molecule has 1 saturated carbocycles. The Balaban J connectivity index is 1.49. The number of rotatable bonds is 3. The van der Waals surface area contributed by atoms with Gasteiger partial charge in [-0.05, 0) is 43.0 Å². The van der Waals surface area contributed by atoms with Gasteiger partial charge < -0.3 is 15.5 Å². The molecule has 1 aliphatic carbocycles. The summed E-state index contributed by atoms with van der Waals surface area (Å²) in [4.78, 5) is 21.0. The molecule has 2 atom stereocenters. The summed E-state index contributed by atoms with van der Waals surface area (Å²) in [5, 5.41) is 0. The first-order valence-electron chi connectivity index (χ1n) is 8.40. The van der Waals surface area contributed by atoms with Crippen molar-refractivity contribution in [2.75, 3.05) is 25.0 Å². The Morgan fingerprint density at radius 2 is 2.08 bits per heavy atom. The molecule has 2 aromatic rings. The largest absolute Gasteiger partial charge is 0.336 e. The average Bonchev–Trinajstić information content (AvgIpc) is 2.85. The molecule has 2 N–H and O–H groups in total. The van der Waals surface area contributed by atoms with Crippen LogP contribution in [-0.4, -0.2) is 41.5 Å². The normalized spacial score (nSPS) is 25.1. The van der Waals surface area contributed by atoms with Gasteiger partial charge in [0.2, 0.25) is 0 Å². The summed E-state index contributed by atoms with van der Waals surface area (Å²) in [5.74, 6) is 1.32. The number of hydrogen-bond acceptors (Lipinski definition) is 4. The summed E-state index contributed by atoms with van der Waals surface area (Å²) in [6.07, 6.45) is 3.83. The lowest BCUT2D eigenvalue weighted by atomic mass is 9.70. The van der Waals surface area contributed by atoms with Crippen LogP contribution in [0.2, 0.25) is 0 Å². The van der Waals surface area contributed by atoms with E-state index in [-0.39, 0.29) is 11.4 Å². The maximum absolute atomic E-state index is 12.7. The topological polar surface area (TPSA) is 62.5 Å². The Bertz CT molecular complexity index is 746. The van der Waals surface area contributed by atoms with Crippen molar-refractivity contribution in [3.8, 4) is 0 Å². The zero-order chi connectivity index (χ0) is 16.7. The summed E-state index contributed by atoms with van der Waals surface area (Å²) >= 11 is 0. The van der Waals surface area contributed by atoms with E-state index in [2.05, 4.69) is 4.98 Å². The van der Waals surface area contributed by atoms with Gasteiger partial charge in [-0.3, -0.25) is 4.79 Å². The maximum Gasteiger partial charge on any atom is 0.255 e. The molecular formula is C19H22N4O. The first kappa shape index (κ1) is 15.1. The Labute approximate surface area is 142 Å². The van der Waals surface area contributed by atoms with Crippen LogP contribution in [0.3, 0.4) is 0 Å². The average molecular weight is 322 g/mol. The number of nitrogens with zero attached hydrogens (tertiary/aromatic N) is 3. The lowest BCUT2D eigenvalue weighted by Crippen LogP contribution is -2.54. The third-order valence-corrected chi connectivity index (χ3v) is 5.47. The van der Waals surface area contributed by atoms with Crippen LogP contribution < -0.4 is 10.6 Å². The van der Waals surface area contributed by atoms with Crippen molar-refractivity contribution in [3.63, 3.8) is 0 Å². The second-order valence-corrected chi connectivity index (χ2v) is 6.95. The van der Waals surface area contributed by atoms with E-state index in [1.54, 1.807) is 6.20 Å². The van der Waals surface area contributed by atoms with Crippen LogP contribution in [0.1, 0.15) is 23.2 Å². The zero-order valence-electron chi connectivity index (χ0n) is 13.9. The lowest BCUT2D eigenvalue weighted by Gasteiger charge is -2.39. The molecule has 0 spiro atoms. The zero-order valence-corrected chi connectivity index (χ0v) is 13.9.